The Morgan fingerprint density at radius 1 is 1.10 bits per heavy atom. The van der Waals surface area contributed by atoms with Crippen LogP contribution >= 0.6 is 0 Å². The van der Waals surface area contributed by atoms with E-state index in [1.807, 2.05) is 30.3 Å². The van der Waals surface area contributed by atoms with Crippen molar-refractivity contribution in [3.63, 3.8) is 0 Å². The molecule has 1 atom stereocenters. The average molecular weight is 291 g/mol. The van der Waals surface area contributed by atoms with E-state index in [9.17, 15) is 14.4 Å². The lowest BCUT2D eigenvalue weighted by Gasteiger charge is -2.19. The van der Waals surface area contributed by atoms with E-state index in [4.69, 9.17) is 5.11 Å². The lowest BCUT2D eigenvalue weighted by molar-refractivity contribution is -0.139. The first-order chi connectivity index (χ1) is 9.90. The van der Waals surface area contributed by atoms with Crippen molar-refractivity contribution in [1.29, 1.82) is 0 Å². The van der Waals surface area contributed by atoms with Crippen molar-refractivity contribution in [1.82, 2.24) is 5.32 Å². The number of rotatable bonds is 8. The summed E-state index contributed by atoms with van der Waals surface area (Å²) in [6.45, 7) is 3.56. The maximum Gasteiger partial charge on any atom is 0.303 e. The van der Waals surface area contributed by atoms with Gasteiger partial charge in [-0.3, -0.25) is 14.4 Å². The molecule has 1 rings (SSSR count). The van der Waals surface area contributed by atoms with Crippen molar-refractivity contribution in [2.24, 2.45) is 5.92 Å². The fourth-order valence-electron chi connectivity index (χ4n) is 1.96. The number of hydrogen-bond acceptors (Lipinski definition) is 3. The van der Waals surface area contributed by atoms with Crippen LogP contribution in [0.2, 0.25) is 0 Å². The Hall–Kier alpha value is -2.17. The first-order valence-electron chi connectivity index (χ1n) is 6.99. The van der Waals surface area contributed by atoms with Crippen LogP contribution < -0.4 is 5.32 Å². The zero-order chi connectivity index (χ0) is 15.8. The molecule has 5 heteroatoms. The second-order valence-electron chi connectivity index (χ2n) is 5.26. The van der Waals surface area contributed by atoms with Crippen LogP contribution in [0.15, 0.2) is 30.3 Å². The molecular weight excluding hydrogens is 270 g/mol. The van der Waals surface area contributed by atoms with Crippen molar-refractivity contribution in [2.75, 3.05) is 0 Å². The highest BCUT2D eigenvalue weighted by molar-refractivity contribution is 5.91. The Balaban J connectivity index is 2.71. The Kier molecular flexibility index (Phi) is 6.59. The van der Waals surface area contributed by atoms with E-state index in [2.05, 4.69) is 5.32 Å². The molecule has 0 aliphatic carbocycles. The van der Waals surface area contributed by atoms with Gasteiger partial charge in [0.1, 0.15) is 0 Å². The van der Waals surface area contributed by atoms with Crippen LogP contribution in [0.3, 0.4) is 0 Å². The SMILES string of the molecule is CC(C)C(=O)[C@H](Cc1ccccc1)NC(=O)CCC(=O)O. The minimum absolute atomic E-state index is 0.0532. The molecule has 0 aromatic heterocycles. The van der Waals surface area contributed by atoms with Crippen LogP contribution in [0, 0.1) is 5.92 Å². The third kappa shape index (κ3) is 6.21. The minimum atomic E-state index is -1.03. The van der Waals surface area contributed by atoms with Crippen LogP contribution in [-0.2, 0) is 20.8 Å². The molecule has 0 fully saturated rings. The number of carbonyl (C=O) groups excluding carboxylic acids is 2. The first kappa shape index (κ1) is 16.9. The molecule has 114 valence electrons. The van der Waals surface area contributed by atoms with E-state index in [0.29, 0.717) is 6.42 Å². The van der Waals surface area contributed by atoms with E-state index in [1.165, 1.54) is 0 Å². The van der Waals surface area contributed by atoms with E-state index in [0.717, 1.165) is 5.56 Å². The van der Waals surface area contributed by atoms with Gasteiger partial charge in [-0.05, 0) is 12.0 Å². The molecule has 0 aliphatic rings. The molecule has 1 aromatic rings. The molecule has 5 nitrogen and oxygen atoms in total. The van der Waals surface area contributed by atoms with Gasteiger partial charge in [-0.15, -0.1) is 0 Å². The number of amides is 1. The van der Waals surface area contributed by atoms with Gasteiger partial charge in [0.05, 0.1) is 12.5 Å². The van der Waals surface area contributed by atoms with Crippen molar-refractivity contribution >= 4 is 17.7 Å². The Labute approximate surface area is 124 Å². The van der Waals surface area contributed by atoms with E-state index in [1.54, 1.807) is 13.8 Å². The van der Waals surface area contributed by atoms with Gasteiger partial charge in [0.2, 0.25) is 5.91 Å². The summed E-state index contributed by atoms with van der Waals surface area (Å²) >= 11 is 0. The maximum atomic E-state index is 12.2. The maximum absolute atomic E-state index is 12.2. The summed E-state index contributed by atoms with van der Waals surface area (Å²) < 4.78 is 0. The fraction of sp³-hybridized carbons (Fsp3) is 0.438. The third-order valence-electron chi connectivity index (χ3n) is 3.10. The Morgan fingerprint density at radius 3 is 2.24 bits per heavy atom. The van der Waals surface area contributed by atoms with E-state index in [-0.39, 0.29) is 24.5 Å². The molecule has 1 amide bonds. The molecule has 2 N–H and O–H groups in total. The summed E-state index contributed by atoms with van der Waals surface area (Å²) in [7, 11) is 0. The number of ketones is 1. The molecule has 0 unspecified atom stereocenters. The van der Waals surface area contributed by atoms with Gasteiger partial charge in [0.15, 0.2) is 5.78 Å². The monoisotopic (exact) mass is 291 g/mol. The van der Waals surface area contributed by atoms with Crippen LogP contribution in [0.5, 0.6) is 0 Å². The van der Waals surface area contributed by atoms with Crippen molar-refractivity contribution < 1.29 is 19.5 Å². The number of carboxylic acids is 1. The Bertz CT molecular complexity index is 496. The summed E-state index contributed by atoms with van der Waals surface area (Å²) in [4.78, 5) is 34.4. The number of Topliss-reactive ketones (excluding diaryl/α,β-unsaturated/α-hetero) is 1. The van der Waals surface area contributed by atoms with Crippen LogP contribution in [0.1, 0.15) is 32.3 Å². The standard InChI is InChI=1S/C16H21NO4/c1-11(2)16(21)13(10-12-6-4-3-5-7-12)17-14(18)8-9-15(19)20/h3-7,11,13H,8-10H2,1-2H3,(H,17,18)(H,19,20)/t13-/m0/s1. The lowest BCUT2D eigenvalue weighted by Crippen LogP contribution is -2.44. The topological polar surface area (TPSA) is 83.5 Å². The van der Waals surface area contributed by atoms with Crippen LogP contribution in [0.4, 0.5) is 0 Å². The van der Waals surface area contributed by atoms with E-state index < -0.39 is 17.9 Å². The lowest BCUT2D eigenvalue weighted by atomic mass is 9.95. The quantitative estimate of drug-likeness (QED) is 0.765. The zero-order valence-electron chi connectivity index (χ0n) is 12.3. The van der Waals surface area contributed by atoms with Gasteiger partial charge in [-0.25, -0.2) is 0 Å². The zero-order valence-corrected chi connectivity index (χ0v) is 12.3. The predicted octanol–water partition coefficient (Wildman–Crippen LogP) is 1.80. The number of benzene rings is 1. The largest absolute Gasteiger partial charge is 0.481 e. The van der Waals surface area contributed by atoms with Crippen LogP contribution in [-0.4, -0.2) is 28.8 Å². The average Bonchev–Trinajstić information content (AvgIpc) is 2.44. The molecule has 0 aliphatic heterocycles. The minimum Gasteiger partial charge on any atom is -0.481 e. The highest BCUT2D eigenvalue weighted by Gasteiger charge is 2.23. The van der Waals surface area contributed by atoms with Gasteiger partial charge >= 0.3 is 5.97 Å². The van der Waals surface area contributed by atoms with Gasteiger partial charge in [-0.2, -0.15) is 0 Å². The molecule has 1 aromatic carbocycles. The molecule has 0 saturated heterocycles. The highest BCUT2D eigenvalue weighted by atomic mass is 16.4. The van der Waals surface area contributed by atoms with Gasteiger partial charge in [-0.1, -0.05) is 44.2 Å². The molecule has 21 heavy (non-hydrogen) atoms. The van der Waals surface area contributed by atoms with Crippen molar-refractivity contribution in [3.05, 3.63) is 35.9 Å². The number of aliphatic carboxylic acids is 1. The first-order valence-corrected chi connectivity index (χ1v) is 6.99. The number of hydrogen-bond donors (Lipinski definition) is 2. The molecule has 0 heterocycles. The number of carboxylic acid groups (broad SMARTS) is 1. The number of nitrogens with one attached hydrogen (secondary N) is 1. The van der Waals surface area contributed by atoms with Gasteiger partial charge < -0.3 is 10.4 Å². The predicted molar refractivity (Wildman–Crippen MR) is 78.8 cm³/mol. The van der Waals surface area contributed by atoms with Gasteiger partial charge in [0, 0.05) is 12.3 Å². The van der Waals surface area contributed by atoms with Crippen molar-refractivity contribution in [2.45, 2.75) is 39.2 Å². The molecule has 0 radical (unpaired) electrons. The summed E-state index contributed by atoms with van der Waals surface area (Å²) in [6.07, 6.45) is 0.0580. The molecule has 0 spiro atoms. The van der Waals surface area contributed by atoms with E-state index >= 15 is 0 Å². The summed E-state index contributed by atoms with van der Waals surface area (Å²) in [5, 5.41) is 11.2. The summed E-state index contributed by atoms with van der Waals surface area (Å²) in [6, 6.07) is 8.80. The Morgan fingerprint density at radius 2 is 1.71 bits per heavy atom. The smallest absolute Gasteiger partial charge is 0.303 e. The van der Waals surface area contributed by atoms with Gasteiger partial charge in [0.25, 0.3) is 0 Å². The number of carbonyl (C=O) groups is 3. The third-order valence-corrected chi connectivity index (χ3v) is 3.10. The second-order valence-corrected chi connectivity index (χ2v) is 5.26. The molecular formula is C16H21NO4. The fourth-order valence-corrected chi connectivity index (χ4v) is 1.96. The van der Waals surface area contributed by atoms with Crippen molar-refractivity contribution in [3.8, 4) is 0 Å². The molecule has 0 bridgehead atoms. The van der Waals surface area contributed by atoms with Crippen LogP contribution in [0.25, 0.3) is 0 Å². The second kappa shape index (κ2) is 8.19. The highest BCUT2D eigenvalue weighted by Crippen LogP contribution is 2.09. The normalized spacial score (nSPS) is 12.0. The summed E-state index contributed by atoms with van der Waals surface area (Å²) in [5.41, 5.74) is 0.954. The summed E-state index contributed by atoms with van der Waals surface area (Å²) in [5.74, 6) is -1.69. The molecule has 0 saturated carbocycles.